The Bertz CT molecular complexity index is 637. The van der Waals surface area contributed by atoms with Crippen molar-refractivity contribution in [1.82, 2.24) is 19.4 Å². The lowest BCUT2D eigenvalue weighted by Gasteiger charge is -2.35. The smallest absolute Gasteiger partial charge is 0.129 e. The molecule has 1 fully saturated rings. The number of piperazine rings is 1. The second-order valence-electron chi connectivity index (χ2n) is 6.07. The average molecular weight is 318 g/mol. The highest BCUT2D eigenvalue weighted by Crippen LogP contribution is 2.18. The number of hydrogen-bond acceptors (Lipinski definition) is 4. The number of aryl methyl sites for hydroxylation is 1. The van der Waals surface area contributed by atoms with Gasteiger partial charge in [-0.2, -0.15) is 0 Å². The lowest BCUT2D eigenvalue weighted by atomic mass is 10.1. The molecule has 0 radical (unpaired) electrons. The fourth-order valence-corrected chi connectivity index (χ4v) is 2.97. The Balaban J connectivity index is 1.49. The number of nitrogens with zero attached hydrogens (tertiary/aromatic N) is 4. The summed E-state index contributed by atoms with van der Waals surface area (Å²) < 4.78 is 15.7. The maximum atomic E-state index is 13.7. The highest BCUT2D eigenvalue weighted by atomic mass is 19.1. The molecule has 2 aromatic rings. The van der Waals surface area contributed by atoms with E-state index >= 15 is 0 Å². The van der Waals surface area contributed by atoms with Crippen molar-refractivity contribution in [3.63, 3.8) is 0 Å². The van der Waals surface area contributed by atoms with E-state index in [0.29, 0.717) is 12.1 Å². The zero-order valence-corrected chi connectivity index (χ0v) is 13.4. The van der Waals surface area contributed by atoms with Gasteiger partial charge in [-0.05, 0) is 6.07 Å². The maximum Gasteiger partial charge on any atom is 0.129 e. The topological polar surface area (TPSA) is 44.5 Å². The minimum Gasteiger partial charge on any atom is -0.387 e. The van der Waals surface area contributed by atoms with Crippen LogP contribution in [-0.2, 0) is 13.6 Å². The first-order valence-corrected chi connectivity index (χ1v) is 7.97. The molecule has 1 aliphatic rings. The van der Waals surface area contributed by atoms with Gasteiger partial charge in [-0.1, -0.05) is 18.2 Å². The molecule has 1 aromatic carbocycles. The number of imidazole rings is 1. The fourth-order valence-electron chi connectivity index (χ4n) is 2.97. The monoisotopic (exact) mass is 318 g/mol. The highest BCUT2D eigenvalue weighted by molar-refractivity contribution is 5.20. The summed E-state index contributed by atoms with van der Waals surface area (Å²) >= 11 is 0. The van der Waals surface area contributed by atoms with Gasteiger partial charge in [-0.25, -0.2) is 9.37 Å². The van der Waals surface area contributed by atoms with E-state index in [1.807, 2.05) is 24.0 Å². The summed E-state index contributed by atoms with van der Waals surface area (Å²) in [5.74, 6) is 0.721. The predicted octanol–water partition coefficient (Wildman–Crippen LogP) is 1.41. The molecular weight excluding hydrogens is 295 g/mol. The highest BCUT2D eigenvalue weighted by Gasteiger charge is 2.21. The summed E-state index contributed by atoms with van der Waals surface area (Å²) in [6, 6.07) is 6.44. The Morgan fingerprint density at radius 2 is 1.87 bits per heavy atom. The van der Waals surface area contributed by atoms with Gasteiger partial charge in [0.05, 0.1) is 12.6 Å². The van der Waals surface area contributed by atoms with Crippen LogP contribution in [0.5, 0.6) is 0 Å². The van der Waals surface area contributed by atoms with E-state index in [0.717, 1.165) is 38.5 Å². The van der Waals surface area contributed by atoms with E-state index in [1.165, 1.54) is 6.07 Å². The molecule has 0 aliphatic carbocycles. The minimum absolute atomic E-state index is 0.339. The van der Waals surface area contributed by atoms with Crippen LogP contribution in [0.3, 0.4) is 0 Å². The van der Waals surface area contributed by atoms with Gasteiger partial charge in [0.25, 0.3) is 0 Å². The number of aliphatic hydroxyl groups is 1. The van der Waals surface area contributed by atoms with Crippen molar-refractivity contribution in [3.8, 4) is 0 Å². The SMILES string of the molecule is Cn1ccnc1CN1CCN(C[C@@H](O)c2ccccc2F)CC1. The zero-order chi connectivity index (χ0) is 16.2. The molecule has 1 atom stereocenters. The van der Waals surface area contributed by atoms with Gasteiger partial charge in [0, 0.05) is 57.7 Å². The third-order valence-electron chi connectivity index (χ3n) is 4.45. The fraction of sp³-hybridized carbons (Fsp3) is 0.471. The van der Waals surface area contributed by atoms with E-state index < -0.39 is 6.10 Å². The van der Waals surface area contributed by atoms with Crippen molar-refractivity contribution in [2.24, 2.45) is 7.05 Å². The summed E-state index contributed by atoms with van der Waals surface area (Å²) in [7, 11) is 2.00. The number of benzene rings is 1. The largest absolute Gasteiger partial charge is 0.387 e. The van der Waals surface area contributed by atoms with Crippen LogP contribution in [-0.4, -0.2) is 57.2 Å². The Kier molecular flexibility index (Phi) is 5.05. The molecule has 1 N–H and O–H groups in total. The normalized spacial score (nSPS) is 18.2. The third kappa shape index (κ3) is 3.96. The number of rotatable bonds is 5. The molecule has 2 heterocycles. The van der Waals surface area contributed by atoms with Crippen LogP contribution in [0.25, 0.3) is 0 Å². The van der Waals surface area contributed by atoms with Crippen LogP contribution < -0.4 is 0 Å². The van der Waals surface area contributed by atoms with E-state index in [1.54, 1.807) is 18.2 Å². The van der Waals surface area contributed by atoms with Gasteiger partial charge in [0.1, 0.15) is 11.6 Å². The lowest BCUT2D eigenvalue weighted by molar-refractivity contribution is 0.0674. The van der Waals surface area contributed by atoms with Crippen molar-refractivity contribution < 1.29 is 9.50 Å². The number of halogens is 1. The molecule has 0 bridgehead atoms. The van der Waals surface area contributed by atoms with Crippen molar-refractivity contribution in [3.05, 3.63) is 53.9 Å². The molecular formula is C17H23FN4O. The quantitative estimate of drug-likeness (QED) is 0.905. The van der Waals surface area contributed by atoms with Crippen LogP contribution in [0.2, 0.25) is 0 Å². The number of aliphatic hydroxyl groups excluding tert-OH is 1. The van der Waals surface area contributed by atoms with E-state index in [2.05, 4.69) is 14.8 Å². The van der Waals surface area contributed by atoms with Crippen LogP contribution in [0.4, 0.5) is 4.39 Å². The molecule has 0 saturated carbocycles. The molecule has 23 heavy (non-hydrogen) atoms. The minimum atomic E-state index is -0.780. The molecule has 124 valence electrons. The van der Waals surface area contributed by atoms with E-state index in [-0.39, 0.29) is 5.82 Å². The zero-order valence-electron chi connectivity index (χ0n) is 13.4. The van der Waals surface area contributed by atoms with Gasteiger partial charge < -0.3 is 9.67 Å². The summed E-state index contributed by atoms with van der Waals surface area (Å²) in [6.45, 7) is 4.91. The maximum absolute atomic E-state index is 13.7. The van der Waals surface area contributed by atoms with Crippen LogP contribution in [0.15, 0.2) is 36.7 Å². The van der Waals surface area contributed by atoms with Gasteiger partial charge in [-0.3, -0.25) is 9.80 Å². The lowest BCUT2D eigenvalue weighted by Crippen LogP contribution is -2.47. The molecule has 0 amide bonds. The van der Waals surface area contributed by atoms with Crippen molar-refractivity contribution >= 4 is 0 Å². The number of hydrogen-bond donors (Lipinski definition) is 1. The second kappa shape index (κ2) is 7.21. The van der Waals surface area contributed by atoms with Crippen molar-refractivity contribution in [2.45, 2.75) is 12.6 Å². The van der Waals surface area contributed by atoms with Gasteiger partial charge in [0.2, 0.25) is 0 Å². The Morgan fingerprint density at radius 3 is 2.52 bits per heavy atom. The average Bonchev–Trinajstić information content (AvgIpc) is 2.95. The second-order valence-corrected chi connectivity index (χ2v) is 6.07. The number of β-amino-alcohol motifs (C(OH)–C–C–N with tert-alkyl or cyclic N) is 1. The Morgan fingerprint density at radius 1 is 1.17 bits per heavy atom. The first kappa shape index (κ1) is 16.1. The summed E-state index contributed by atoms with van der Waals surface area (Å²) in [6.07, 6.45) is 2.99. The first-order valence-electron chi connectivity index (χ1n) is 7.97. The molecule has 1 saturated heterocycles. The summed E-state index contributed by atoms with van der Waals surface area (Å²) in [4.78, 5) is 8.89. The molecule has 1 aromatic heterocycles. The predicted molar refractivity (Wildman–Crippen MR) is 86.3 cm³/mol. The molecule has 3 rings (SSSR count). The van der Waals surface area contributed by atoms with Crippen LogP contribution in [0.1, 0.15) is 17.5 Å². The molecule has 0 spiro atoms. The summed E-state index contributed by atoms with van der Waals surface area (Å²) in [5.41, 5.74) is 0.378. The molecule has 6 heteroatoms. The van der Waals surface area contributed by atoms with E-state index in [4.69, 9.17) is 0 Å². The van der Waals surface area contributed by atoms with Gasteiger partial charge in [-0.15, -0.1) is 0 Å². The third-order valence-corrected chi connectivity index (χ3v) is 4.45. The van der Waals surface area contributed by atoms with Gasteiger partial charge >= 0.3 is 0 Å². The van der Waals surface area contributed by atoms with Crippen LogP contribution in [0, 0.1) is 5.82 Å². The molecule has 5 nitrogen and oxygen atoms in total. The van der Waals surface area contributed by atoms with Gasteiger partial charge in [0.15, 0.2) is 0 Å². The van der Waals surface area contributed by atoms with Crippen LogP contribution >= 0.6 is 0 Å². The Hall–Kier alpha value is -1.76. The van der Waals surface area contributed by atoms with Crippen molar-refractivity contribution in [2.75, 3.05) is 32.7 Å². The van der Waals surface area contributed by atoms with E-state index in [9.17, 15) is 9.50 Å². The standard InChI is InChI=1S/C17H23FN4O/c1-20-7-6-19-17(20)13-22-10-8-21(9-11-22)12-16(23)14-4-2-3-5-15(14)18/h2-7,16,23H,8-13H2,1H3/t16-/m1/s1. The first-order chi connectivity index (χ1) is 11.1. The Labute approximate surface area is 136 Å². The molecule has 1 aliphatic heterocycles. The number of aromatic nitrogens is 2. The molecule has 0 unspecified atom stereocenters. The summed E-state index contributed by atoms with van der Waals surface area (Å²) in [5, 5.41) is 10.3. The van der Waals surface area contributed by atoms with Crippen molar-refractivity contribution in [1.29, 1.82) is 0 Å².